The van der Waals surface area contributed by atoms with Crippen molar-refractivity contribution in [1.82, 2.24) is 4.98 Å². The molecular weight excluding hydrogens is 318 g/mol. The summed E-state index contributed by atoms with van der Waals surface area (Å²) >= 11 is 0. The molecule has 0 aliphatic heterocycles. The molecule has 1 aromatic heterocycles. The number of benzene rings is 3. The Bertz CT molecular complexity index is 1150. The van der Waals surface area contributed by atoms with E-state index in [0.717, 1.165) is 29.3 Å². The Morgan fingerprint density at radius 1 is 0.962 bits per heavy atom. The van der Waals surface area contributed by atoms with Crippen molar-refractivity contribution in [3.8, 4) is 16.9 Å². The number of pyridine rings is 1. The lowest BCUT2D eigenvalue weighted by atomic mass is 9.81. The van der Waals surface area contributed by atoms with Gasteiger partial charge in [0.15, 0.2) is 0 Å². The minimum atomic E-state index is 0.341. The Balaban J connectivity index is 2.00. The van der Waals surface area contributed by atoms with E-state index in [1.54, 1.807) is 6.07 Å². The maximum Gasteiger partial charge on any atom is 0.123 e. The van der Waals surface area contributed by atoms with Crippen molar-refractivity contribution in [2.45, 2.75) is 26.2 Å². The van der Waals surface area contributed by atoms with Crippen LogP contribution in [0.15, 0.2) is 60.7 Å². The third-order valence-corrected chi connectivity index (χ3v) is 5.66. The maximum absolute atomic E-state index is 10.6. The van der Waals surface area contributed by atoms with E-state index in [2.05, 4.69) is 43.3 Å². The van der Waals surface area contributed by atoms with E-state index in [4.69, 9.17) is 4.98 Å². The van der Waals surface area contributed by atoms with E-state index < -0.39 is 0 Å². The zero-order valence-electron chi connectivity index (χ0n) is 14.9. The molecule has 1 heterocycles. The second-order valence-corrected chi connectivity index (χ2v) is 7.46. The van der Waals surface area contributed by atoms with Gasteiger partial charge in [0, 0.05) is 22.2 Å². The van der Waals surface area contributed by atoms with E-state index >= 15 is 0 Å². The summed E-state index contributed by atoms with van der Waals surface area (Å²) in [6.45, 7) is 2.31. The molecule has 5 rings (SSSR count). The van der Waals surface area contributed by atoms with Crippen LogP contribution < -0.4 is 0 Å². The average molecular weight is 339 g/mol. The summed E-state index contributed by atoms with van der Waals surface area (Å²) in [5.74, 6) is 0.981. The maximum atomic E-state index is 10.6. The standard InChI is InChI=1S/C24H21NO/c1-15-10-12-20-19(14-15)23(18-8-4-5-9-22(18)26)24-17-7-3-2-6-16(17)11-13-21(24)25-20/h2-9,11,13,15,26H,10,12,14H2,1H3/t15-/m0/s1. The van der Waals surface area contributed by atoms with Crippen LogP contribution in [-0.2, 0) is 12.8 Å². The molecule has 1 aliphatic carbocycles. The van der Waals surface area contributed by atoms with Gasteiger partial charge in [0.1, 0.15) is 5.75 Å². The van der Waals surface area contributed by atoms with Crippen molar-refractivity contribution in [1.29, 1.82) is 0 Å². The van der Waals surface area contributed by atoms with Gasteiger partial charge in [-0.15, -0.1) is 0 Å². The molecule has 0 saturated heterocycles. The van der Waals surface area contributed by atoms with Crippen molar-refractivity contribution in [2.24, 2.45) is 5.92 Å². The molecule has 1 N–H and O–H groups in total. The van der Waals surface area contributed by atoms with Gasteiger partial charge < -0.3 is 5.11 Å². The Hall–Kier alpha value is -2.87. The largest absolute Gasteiger partial charge is 0.507 e. The number of aromatic hydroxyl groups is 1. The average Bonchev–Trinajstić information content (AvgIpc) is 2.67. The van der Waals surface area contributed by atoms with E-state index in [-0.39, 0.29) is 0 Å². The zero-order chi connectivity index (χ0) is 17.7. The van der Waals surface area contributed by atoms with Crippen LogP contribution in [0.5, 0.6) is 5.75 Å². The molecule has 2 heteroatoms. The number of fused-ring (bicyclic) bond motifs is 4. The number of phenols is 1. The topological polar surface area (TPSA) is 33.1 Å². The van der Waals surface area contributed by atoms with Crippen molar-refractivity contribution >= 4 is 21.7 Å². The number of aryl methyl sites for hydroxylation is 1. The lowest BCUT2D eigenvalue weighted by Gasteiger charge is -2.25. The second kappa shape index (κ2) is 5.84. The molecule has 26 heavy (non-hydrogen) atoms. The molecule has 0 radical (unpaired) electrons. The van der Waals surface area contributed by atoms with E-state index in [9.17, 15) is 5.11 Å². The molecule has 3 aromatic carbocycles. The highest BCUT2D eigenvalue weighted by molar-refractivity contribution is 6.14. The van der Waals surface area contributed by atoms with E-state index in [0.29, 0.717) is 11.7 Å². The van der Waals surface area contributed by atoms with Crippen LogP contribution in [0, 0.1) is 5.92 Å². The molecule has 0 saturated carbocycles. The summed E-state index contributed by atoms with van der Waals surface area (Å²) in [6, 6.07) is 20.4. The van der Waals surface area contributed by atoms with Gasteiger partial charge in [-0.25, -0.2) is 0 Å². The minimum absolute atomic E-state index is 0.341. The van der Waals surface area contributed by atoms with Crippen molar-refractivity contribution < 1.29 is 5.11 Å². The molecule has 0 unspecified atom stereocenters. The first kappa shape index (κ1) is 15.4. The van der Waals surface area contributed by atoms with Crippen molar-refractivity contribution in [3.63, 3.8) is 0 Å². The summed E-state index contributed by atoms with van der Waals surface area (Å²) in [7, 11) is 0. The van der Waals surface area contributed by atoms with Gasteiger partial charge >= 0.3 is 0 Å². The highest BCUT2D eigenvalue weighted by Gasteiger charge is 2.24. The van der Waals surface area contributed by atoms with Crippen LogP contribution in [0.3, 0.4) is 0 Å². The number of aromatic nitrogens is 1. The second-order valence-electron chi connectivity index (χ2n) is 7.46. The number of para-hydroxylation sites is 1. The number of rotatable bonds is 1. The fourth-order valence-electron chi connectivity index (χ4n) is 4.37. The first-order valence-electron chi connectivity index (χ1n) is 9.34. The third kappa shape index (κ3) is 2.29. The number of hydrogen-bond donors (Lipinski definition) is 1. The van der Waals surface area contributed by atoms with Gasteiger partial charge in [-0.1, -0.05) is 55.5 Å². The highest BCUT2D eigenvalue weighted by Crippen LogP contribution is 2.43. The van der Waals surface area contributed by atoms with Gasteiger partial charge in [0.2, 0.25) is 0 Å². The molecular formula is C24H21NO. The van der Waals surface area contributed by atoms with Crippen LogP contribution in [0.2, 0.25) is 0 Å². The summed E-state index contributed by atoms with van der Waals surface area (Å²) in [6.07, 6.45) is 3.21. The third-order valence-electron chi connectivity index (χ3n) is 5.66. The molecule has 1 atom stereocenters. The normalized spacial score (nSPS) is 16.7. The number of nitrogens with zero attached hydrogens (tertiary/aromatic N) is 1. The summed E-state index contributed by atoms with van der Waals surface area (Å²) in [5.41, 5.74) is 5.63. The molecule has 0 bridgehead atoms. The van der Waals surface area contributed by atoms with Crippen LogP contribution >= 0.6 is 0 Å². The van der Waals surface area contributed by atoms with Crippen LogP contribution in [0.4, 0.5) is 0 Å². The Labute approximate surface area is 153 Å². The van der Waals surface area contributed by atoms with Gasteiger partial charge in [-0.05, 0) is 53.6 Å². The molecule has 2 nitrogen and oxygen atoms in total. The van der Waals surface area contributed by atoms with Crippen LogP contribution in [0.1, 0.15) is 24.6 Å². The molecule has 0 amide bonds. The summed E-state index contributed by atoms with van der Waals surface area (Å²) in [5, 5.41) is 14.2. The predicted molar refractivity (Wildman–Crippen MR) is 108 cm³/mol. The Morgan fingerprint density at radius 2 is 1.77 bits per heavy atom. The summed E-state index contributed by atoms with van der Waals surface area (Å²) < 4.78 is 0. The van der Waals surface area contributed by atoms with Crippen LogP contribution in [0.25, 0.3) is 32.8 Å². The molecule has 0 spiro atoms. The SMILES string of the molecule is C[C@H]1CCc2nc3ccc4ccccc4c3c(-c3ccccc3O)c2C1. The predicted octanol–water partition coefficient (Wildman–Crippen LogP) is 5.89. The monoisotopic (exact) mass is 339 g/mol. The lowest BCUT2D eigenvalue weighted by molar-refractivity contribution is 0.476. The van der Waals surface area contributed by atoms with Crippen molar-refractivity contribution in [2.75, 3.05) is 0 Å². The Kier molecular flexibility index (Phi) is 3.46. The highest BCUT2D eigenvalue weighted by atomic mass is 16.3. The van der Waals surface area contributed by atoms with Gasteiger partial charge in [0.05, 0.1) is 5.52 Å². The van der Waals surface area contributed by atoms with Gasteiger partial charge in [-0.2, -0.15) is 0 Å². The molecule has 1 aliphatic rings. The minimum Gasteiger partial charge on any atom is -0.507 e. The first-order chi connectivity index (χ1) is 12.7. The smallest absolute Gasteiger partial charge is 0.123 e. The number of phenolic OH excluding ortho intramolecular Hbond substituents is 1. The first-order valence-corrected chi connectivity index (χ1v) is 9.34. The molecule has 128 valence electrons. The number of hydrogen-bond acceptors (Lipinski definition) is 2. The fraction of sp³-hybridized carbons (Fsp3) is 0.208. The lowest BCUT2D eigenvalue weighted by Crippen LogP contribution is -2.14. The van der Waals surface area contributed by atoms with Gasteiger partial charge in [-0.3, -0.25) is 4.98 Å². The molecule has 4 aromatic rings. The van der Waals surface area contributed by atoms with E-state index in [1.165, 1.54) is 34.0 Å². The molecule has 0 fully saturated rings. The van der Waals surface area contributed by atoms with Crippen LogP contribution in [-0.4, -0.2) is 10.1 Å². The van der Waals surface area contributed by atoms with Crippen molar-refractivity contribution in [3.05, 3.63) is 71.9 Å². The zero-order valence-corrected chi connectivity index (χ0v) is 14.9. The quantitative estimate of drug-likeness (QED) is 0.439. The Morgan fingerprint density at radius 3 is 2.65 bits per heavy atom. The van der Waals surface area contributed by atoms with Gasteiger partial charge in [0.25, 0.3) is 0 Å². The summed E-state index contributed by atoms with van der Waals surface area (Å²) in [4.78, 5) is 5.03. The van der Waals surface area contributed by atoms with E-state index in [1.807, 2.05) is 18.2 Å². The fourth-order valence-corrected chi connectivity index (χ4v) is 4.37.